The Balaban J connectivity index is 3.00. The van der Waals surface area contributed by atoms with Gasteiger partial charge in [0, 0.05) is 12.2 Å². The molecule has 0 aliphatic carbocycles. The number of nitrogens with two attached hydrogens (primary N) is 1. The number of sulfonamides is 1. The molecule has 0 unspecified atom stereocenters. The van der Waals surface area contributed by atoms with E-state index in [1.54, 1.807) is 17.1 Å². The summed E-state index contributed by atoms with van der Waals surface area (Å²) < 4.78 is 22.3. The number of hydrogen-bond acceptors (Lipinski definition) is 4. The van der Waals surface area contributed by atoms with Crippen LogP contribution in [0, 0.1) is 6.92 Å². The largest absolute Gasteiger partial charge is 0.399 e. The van der Waals surface area contributed by atoms with Gasteiger partial charge in [-0.15, -0.1) is 4.83 Å². The van der Waals surface area contributed by atoms with E-state index in [0.717, 1.165) is 17.5 Å². The van der Waals surface area contributed by atoms with Crippen molar-refractivity contribution in [1.82, 2.24) is 4.83 Å². The van der Waals surface area contributed by atoms with E-state index in [-0.39, 0.29) is 0 Å². The molecule has 0 aliphatic heterocycles. The summed E-state index contributed by atoms with van der Waals surface area (Å²) in [4.78, 5) is 2.43. The van der Waals surface area contributed by atoms with Crippen LogP contribution in [0.3, 0.4) is 0 Å². The summed E-state index contributed by atoms with van der Waals surface area (Å²) in [6.45, 7) is 4.29. The first-order valence-corrected chi connectivity index (χ1v) is 6.83. The molecule has 1 aromatic rings. The molecule has 0 amide bonds. The van der Waals surface area contributed by atoms with Crippen molar-refractivity contribution in [3.63, 3.8) is 0 Å². The molecule has 1 aromatic carbocycles. The smallest absolute Gasteiger partial charge is 0.225 e. The number of rotatable bonds is 4. The number of nitrogen functional groups attached to an aromatic ring is 1. The van der Waals surface area contributed by atoms with Crippen LogP contribution in [0.15, 0.2) is 18.2 Å². The van der Waals surface area contributed by atoms with Crippen LogP contribution in [0.5, 0.6) is 0 Å². The van der Waals surface area contributed by atoms with Gasteiger partial charge in [0.05, 0.1) is 11.9 Å². The molecule has 5 nitrogen and oxygen atoms in total. The Hall–Kier alpha value is -1.27. The van der Waals surface area contributed by atoms with Gasteiger partial charge >= 0.3 is 0 Å². The van der Waals surface area contributed by atoms with E-state index in [4.69, 9.17) is 5.73 Å². The fourth-order valence-electron chi connectivity index (χ4n) is 1.33. The van der Waals surface area contributed by atoms with Crippen LogP contribution in [0.1, 0.15) is 12.5 Å². The number of aryl methyl sites for hydroxylation is 1. The van der Waals surface area contributed by atoms with Crippen molar-refractivity contribution in [3.05, 3.63) is 23.8 Å². The minimum absolute atomic E-state index is 0.538. The van der Waals surface area contributed by atoms with Crippen LogP contribution < -0.4 is 15.6 Å². The van der Waals surface area contributed by atoms with Crippen molar-refractivity contribution in [2.45, 2.75) is 13.8 Å². The second-order valence-corrected chi connectivity index (χ2v) is 5.38. The summed E-state index contributed by atoms with van der Waals surface area (Å²) >= 11 is 0. The van der Waals surface area contributed by atoms with Crippen LogP contribution in [-0.2, 0) is 10.0 Å². The Bertz CT molecular complexity index is 471. The van der Waals surface area contributed by atoms with Gasteiger partial charge in [0.25, 0.3) is 0 Å². The lowest BCUT2D eigenvalue weighted by Crippen LogP contribution is -2.41. The number of hydrogen-bond donors (Lipinski definition) is 2. The third kappa shape index (κ3) is 3.39. The van der Waals surface area contributed by atoms with Crippen molar-refractivity contribution >= 4 is 21.4 Å². The van der Waals surface area contributed by atoms with Crippen LogP contribution in [0.4, 0.5) is 11.4 Å². The molecule has 6 heteroatoms. The molecule has 0 aromatic heterocycles. The topological polar surface area (TPSA) is 75.4 Å². The standard InChI is InChI=1S/C10H17N3O2S/c1-4-13(12-16(3,14)15)9-5-6-10(11)8(2)7-9/h5-7,12H,4,11H2,1-3H3. The van der Waals surface area contributed by atoms with Gasteiger partial charge in [0.15, 0.2) is 0 Å². The number of nitrogens with zero attached hydrogens (tertiary/aromatic N) is 1. The summed E-state index contributed by atoms with van der Waals surface area (Å²) in [7, 11) is -3.26. The third-order valence-corrected chi connectivity index (χ3v) is 2.71. The van der Waals surface area contributed by atoms with Crippen molar-refractivity contribution in [2.24, 2.45) is 0 Å². The molecule has 0 radical (unpaired) electrons. The molecule has 3 N–H and O–H groups in total. The molecular weight excluding hydrogens is 226 g/mol. The first kappa shape index (κ1) is 12.8. The fraction of sp³-hybridized carbons (Fsp3) is 0.400. The molecule has 16 heavy (non-hydrogen) atoms. The highest BCUT2D eigenvalue weighted by Gasteiger charge is 2.10. The minimum atomic E-state index is -3.26. The minimum Gasteiger partial charge on any atom is -0.399 e. The van der Waals surface area contributed by atoms with Gasteiger partial charge in [-0.2, -0.15) is 0 Å². The van der Waals surface area contributed by atoms with Crippen molar-refractivity contribution in [3.8, 4) is 0 Å². The van der Waals surface area contributed by atoms with E-state index in [1.165, 1.54) is 0 Å². The highest BCUT2D eigenvalue weighted by molar-refractivity contribution is 7.88. The molecule has 0 saturated carbocycles. The zero-order valence-electron chi connectivity index (χ0n) is 9.69. The molecule has 0 spiro atoms. The molecule has 0 atom stereocenters. The van der Waals surface area contributed by atoms with Crippen molar-refractivity contribution in [1.29, 1.82) is 0 Å². The van der Waals surface area contributed by atoms with Gasteiger partial charge < -0.3 is 5.73 Å². The zero-order valence-corrected chi connectivity index (χ0v) is 10.5. The van der Waals surface area contributed by atoms with E-state index in [0.29, 0.717) is 12.2 Å². The SMILES string of the molecule is CCN(NS(C)(=O)=O)c1ccc(N)c(C)c1. The fourth-order valence-corrected chi connectivity index (χ4v) is 1.96. The first-order chi connectivity index (χ1) is 7.33. The van der Waals surface area contributed by atoms with E-state index < -0.39 is 10.0 Å². The van der Waals surface area contributed by atoms with Gasteiger partial charge in [0.2, 0.25) is 10.0 Å². The van der Waals surface area contributed by atoms with E-state index in [9.17, 15) is 8.42 Å². The van der Waals surface area contributed by atoms with E-state index >= 15 is 0 Å². The monoisotopic (exact) mass is 243 g/mol. The summed E-state index contributed by atoms with van der Waals surface area (Å²) in [5.41, 5.74) is 8.09. The van der Waals surface area contributed by atoms with E-state index in [1.807, 2.05) is 19.9 Å². The Morgan fingerprint density at radius 3 is 2.50 bits per heavy atom. The highest BCUT2D eigenvalue weighted by atomic mass is 32.2. The molecular formula is C10H17N3O2S. The van der Waals surface area contributed by atoms with Crippen LogP contribution >= 0.6 is 0 Å². The van der Waals surface area contributed by atoms with Gasteiger partial charge in [-0.1, -0.05) is 0 Å². The quantitative estimate of drug-likeness (QED) is 0.607. The maximum absolute atomic E-state index is 11.1. The van der Waals surface area contributed by atoms with Crippen molar-refractivity contribution in [2.75, 3.05) is 23.5 Å². The summed E-state index contributed by atoms with van der Waals surface area (Å²) in [5.74, 6) is 0. The first-order valence-electron chi connectivity index (χ1n) is 4.94. The number of hydrazine groups is 1. The Morgan fingerprint density at radius 2 is 2.06 bits per heavy atom. The highest BCUT2D eigenvalue weighted by Crippen LogP contribution is 2.19. The van der Waals surface area contributed by atoms with Crippen molar-refractivity contribution < 1.29 is 8.42 Å². The maximum atomic E-state index is 11.1. The zero-order chi connectivity index (χ0) is 12.3. The average Bonchev–Trinajstić information content (AvgIpc) is 2.17. The Kier molecular flexibility index (Phi) is 3.77. The van der Waals surface area contributed by atoms with Gasteiger partial charge in [-0.25, -0.2) is 8.42 Å². The molecule has 0 heterocycles. The van der Waals surface area contributed by atoms with Gasteiger partial charge in [0.1, 0.15) is 0 Å². The lowest BCUT2D eigenvalue weighted by molar-refractivity contribution is 0.583. The molecule has 0 bridgehead atoms. The Morgan fingerprint density at radius 1 is 1.44 bits per heavy atom. The summed E-state index contributed by atoms with van der Waals surface area (Å²) in [6.07, 6.45) is 1.12. The summed E-state index contributed by atoms with van der Waals surface area (Å²) in [5, 5.41) is 1.56. The van der Waals surface area contributed by atoms with Crippen LogP contribution in [-0.4, -0.2) is 21.2 Å². The Labute approximate surface area is 96.3 Å². The molecule has 0 saturated heterocycles. The van der Waals surface area contributed by atoms with Crippen LogP contribution in [0.25, 0.3) is 0 Å². The molecule has 0 aliphatic rings. The lowest BCUT2D eigenvalue weighted by atomic mass is 10.2. The number of anilines is 2. The van der Waals surface area contributed by atoms with Gasteiger partial charge in [-0.3, -0.25) is 5.01 Å². The predicted molar refractivity (Wildman–Crippen MR) is 66.6 cm³/mol. The number of benzene rings is 1. The lowest BCUT2D eigenvalue weighted by Gasteiger charge is -2.23. The van der Waals surface area contributed by atoms with Gasteiger partial charge in [-0.05, 0) is 37.6 Å². The third-order valence-electron chi connectivity index (χ3n) is 2.16. The normalized spacial score (nSPS) is 11.4. The molecule has 0 fully saturated rings. The number of nitrogens with one attached hydrogen (secondary N) is 1. The molecule has 90 valence electrons. The van der Waals surface area contributed by atoms with E-state index in [2.05, 4.69) is 4.83 Å². The average molecular weight is 243 g/mol. The maximum Gasteiger partial charge on any atom is 0.225 e. The summed E-state index contributed by atoms with van der Waals surface area (Å²) in [6, 6.07) is 5.39. The predicted octanol–water partition coefficient (Wildman–Crippen LogP) is 0.868. The second-order valence-electron chi connectivity index (χ2n) is 3.65. The van der Waals surface area contributed by atoms with Crippen LogP contribution in [0.2, 0.25) is 0 Å². The molecule has 1 rings (SSSR count). The second kappa shape index (κ2) is 4.71.